The van der Waals surface area contributed by atoms with Gasteiger partial charge in [0.2, 0.25) is 5.89 Å². The number of carbonyl (C=O) groups is 1. The smallest absolute Gasteiger partial charge is 0.317 e. The molecule has 2 amide bonds. The summed E-state index contributed by atoms with van der Waals surface area (Å²) in [5.74, 6) is 1.34. The maximum Gasteiger partial charge on any atom is 0.317 e. The van der Waals surface area contributed by atoms with Crippen LogP contribution < -0.4 is 5.32 Å². The van der Waals surface area contributed by atoms with Gasteiger partial charge in [0.25, 0.3) is 0 Å². The van der Waals surface area contributed by atoms with Gasteiger partial charge in [-0.3, -0.25) is 9.88 Å². The monoisotopic (exact) mass is 343 g/mol. The molecule has 1 N–H and O–H groups in total. The molecule has 1 saturated heterocycles. The average Bonchev–Trinajstić information content (AvgIpc) is 2.98. The van der Waals surface area contributed by atoms with Crippen molar-refractivity contribution in [3.63, 3.8) is 0 Å². The fourth-order valence-corrected chi connectivity index (χ4v) is 3.00. The number of aryl methyl sites for hydroxylation is 2. The largest absolute Gasteiger partial charge is 0.444 e. The Labute approximate surface area is 148 Å². The van der Waals surface area contributed by atoms with Crippen LogP contribution in [0.4, 0.5) is 4.79 Å². The van der Waals surface area contributed by atoms with Crippen LogP contribution in [0.25, 0.3) is 0 Å². The van der Waals surface area contributed by atoms with Crippen molar-refractivity contribution in [2.75, 3.05) is 26.2 Å². The zero-order chi connectivity index (χ0) is 17.8. The summed E-state index contributed by atoms with van der Waals surface area (Å²) in [5.41, 5.74) is 1.93. The molecule has 3 heterocycles. The van der Waals surface area contributed by atoms with Gasteiger partial charge in [0, 0.05) is 38.4 Å². The lowest BCUT2D eigenvalue weighted by atomic mass is 10.1. The standard InChI is InChI=1S/C18H25N5O2/c1-13-15(3)25-17(21-13)12-20-18(24)23-10-8-22(9-11-23)14(2)16-6-4-5-7-19-16/h4-7,14H,8-12H2,1-3H3,(H,20,24)/t14-/m1/s1. The van der Waals surface area contributed by atoms with E-state index in [4.69, 9.17) is 4.42 Å². The molecule has 0 spiro atoms. The van der Waals surface area contributed by atoms with Gasteiger partial charge in [0.05, 0.1) is 17.9 Å². The molecule has 7 nitrogen and oxygen atoms in total. The van der Waals surface area contributed by atoms with Gasteiger partial charge >= 0.3 is 6.03 Å². The van der Waals surface area contributed by atoms with Gasteiger partial charge in [-0.15, -0.1) is 0 Å². The molecular weight excluding hydrogens is 318 g/mol. The molecular formula is C18H25N5O2. The van der Waals surface area contributed by atoms with Gasteiger partial charge in [0.15, 0.2) is 0 Å². The lowest BCUT2D eigenvalue weighted by Gasteiger charge is -2.37. The number of carbonyl (C=O) groups excluding carboxylic acids is 1. The maximum absolute atomic E-state index is 12.3. The Hall–Kier alpha value is -2.41. The molecule has 0 saturated carbocycles. The highest BCUT2D eigenvalue weighted by Crippen LogP contribution is 2.19. The molecule has 2 aromatic heterocycles. The van der Waals surface area contributed by atoms with Gasteiger partial charge in [-0.2, -0.15) is 0 Å². The highest BCUT2D eigenvalue weighted by atomic mass is 16.4. The van der Waals surface area contributed by atoms with E-state index in [1.807, 2.05) is 43.1 Å². The number of hydrogen-bond acceptors (Lipinski definition) is 5. The van der Waals surface area contributed by atoms with Crippen LogP contribution in [0.15, 0.2) is 28.8 Å². The Bertz CT molecular complexity index is 688. The zero-order valence-electron chi connectivity index (χ0n) is 15.0. The van der Waals surface area contributed by atoms with E-state index in [2.05, 4.69) is 27.1 Å². The van der Waals surface area contributed by atoms with E-state index in [9.17, 15) is 4.79 Å². The molecule has 3 rings (SSSR count). The molecule has 1 atom stereocenters. The molecule has 0 aromatic carbocycles. The van der Waals surface area contributed by atoms with Crippen molar-refractivity contribution in [2.24, 2.45) is 0 Å². The summed E-state index contributed by atoms with van der Waals surface area (Å²) in [7, 11) is 0. The van der Waals surface area contributed by atoms with Crippen molar-refractivity contribution in [3.05, 3.63) is 47.4 Å². The summed E-state index contributed by atoms with van der Waals surface area (Å²) >= 11 is 0. The van der Waals surface area contributed by atoms with Crippen LogP contribution in [0.5, 0.6) is 0 Å². The SMILES string of the molecule is Cc1nc(CNC(=O)N2CCN([C@H](C)c3ccccn3)CC2)oc1C. The molecule has 0 aliphatic carbocycles. The van der Waals surface area contributed by atoms with Crippen molar-refractivity contribution in [2.45, 2.75) is 33.4 Å². The predicted octanol–water partition coefficient (Wildman–Crippen LogP) is 2.27. The number of rotatable bonds is 4. The van der Waals surface area contributed by atoms with Crippen LogP contribution >= 0.6 is 0 Å². The normalized spacial score (nSPS) is 16.7. The summed E-state index contributed by atoms with van der Waals surface area (Å²) < 4.78 is 5.49. The van der Waals surface area contributed by atoms with Gasteiger partial charge in [0.1, 0.15) is 5.76 Å². The number of amides is 2. The first-order valence-corrected chi connectivity index (χ1v) is 8.65. The molecule has 1 aliphatic heterocycles. The van der Waals surface area contributed by atoms with Gasteiger partial charge in [-0.1, -0.05) is 6.07 Å². The fraction of sp³-hybridized carbons (Fsp3) is 0.500. The van der Waals surface area contributed by atoms with Crippen LogP contribution in [0.3, 0.4) is 0 Å². The Balaban J connectivity index is 1.47. The average molecular weight is 343 g/mol. The third-order valence-electron chi connectivity index (χ3n) is 4.73. The van der Waals surface area contributed by atoms with Crippen LogP contribution in [0, 0.1) is 13.8 Å². The number of pyridine rings is 1. The molecule has 134 valence electrons. The summed E-state index contributed by atoms with van der Waals surface area (Å²) in [6.45, 7) is 9.31. The van der Waals surface area contributed by atoms with Crippen molar-refractivity contribution >= 4 is 6.03 Å². The van der Waals surface area contributed by atoms with Crippen LogP contribution in [0.1, 0.15) is 36.0 Å². The van der Waals surface area contributed by atoms with Crippen LogP contribution in [-0.2, 0) is 6.54 Å². The zero-order valence-corrected chi connectivity index (χ0v) is 15.0. The first-order valence-electron chi connectivity index (χ1n) is 8.65. The number of nitrogens with zero attached hydrogens (tertiary/aromatic N) is 4. The van der Waals surface area contributed by atoms with E-state index in [-0.39, 0.29) is 12.1 Å². The highest BCUT2D eigenvalue weighted by Gasteiger charge is 2.25. The minimum absolute atomic E-state index is 0.0707. The molecule has 7 heteroatoms. The molecule has 0 radical (unpaired) electrons. The number of oxazole rings is 1. The lowest BCUT2D eigenvalue weighted by molar-refractivity contribution is 0.112. The van der Waals surface area contributed by atoms with E-state index in [0.29, 0.717) is 25.5 Å². The molecule has 2 aromatic rings. The Morgan fingerprint density at radius 1 is 1.28 bits per heavy atom. The van der Waals surface area contributed by atoms with Crippen molar-refractivity contribution in [3.8, 4) is 0 Å². The second-order valence-electron chi connectivity index (χ2n) is 6.36. The number of nitrogens with one attached hydrogen (secondary N) is 1. The minimum Gasteiger partial charge on any atom is -0.444 e. The predicted molar refractivity (Wildman–Crippen MR) is 94.0 cm³/mol. The molecule has 1 aliphatic rings. The highest BCUT2D eigenvalue weighted by molar-refractivity contribution is 5.74. The number of urea groups is 1. The Morgan fingerprint density at radius 3 is 2.64 bits per heavy atom. The van der Waals surface area contributed by atoms with Gasteiger partial charge in [-0.05, 0) is 32.9 Å². The number of hydrogen-bond donors (Lipinski definition) is 1. The summed E-state index contributed by atoms with van der Waals surface area (Å²) in [6.07, 6.45) is 1.82. The van der Waals surface area contributed by atoms with E-state index < -0.39 is 0 Å². The minimum atomic E-state index is -0.0707. The molecule has 0 unspecified atom stereocenters. The lowest BCUT2D eigenvalue weighted by Crippen LogP contribution is -2.52. The summed E-state index contributed by atoms with van der Waals surface area (Å²) in [5, 5.41) is 2.88. The number of piperazine rings is 1. The topological polar surface area (TPSA) is 74.5 Å². The van der Waals surface area contributed by atoms with Crippen molar-refractivity contribution < 1.29 is 9.21 Å². The first kappa shape index (κ1) is 17.4. The Kier molecular flexibility index (Phi) is 5.33. The maximum atomic E-state index is 12.3. The van der Waals surface area contributed by atoms with Crippen molar-refractivity contribution in [1.82, 2.24) is 25.1 Å². The third-order valence-corrected chi connectivity index (χ3v) is 4.73. The quantitative estimate of drug-likeness (QED) is 0.922. The summed E-state index contributed by atoms with van der Waals surface area (Å²) in [6, 6.07) is 6.16. The van der Waals surface area contributed by atoms with E-state index in [1.165, 1.54) is 0 Å². The molecule has 1 fully saturated rings. The van der Waals surface area contributed by atoms with Crippen LogP contribution in [-0.4, -0.2) is 52.0 Å². The van der Waals surface area contributed by atoms with Gasteiger partial charge < -0.3 is 14.6 Å². The van der Waals surface area contributed by atoms with E-state index in [1.54, 1.807) is 0 Å². The number of aromatic nitrogens is 2. The van der Waals surface area contributed by atoms with Crippen LogP contribution in [0.2, 0.25) is 0 Å². The fourth-order valence-electron chi connectivity index (χ4n) is 3.00. The molecule has 25 heavy (non-hydrogen) atoms. The van der Waals surface area contributed by atoms with E-state index in [0.717, 1.165) is 30.2 Å². The van der Waals surface area contributed by atoms with E-state index >= 15 is 0 Å². The first-order chi connectivity index (χ1) is 12.0. The van der Waals surface area contributed by atoms with Gasteiger partial charge in [-0.25, -0.2) is 9.78 Å². The third kappa shape index (κ3) is 4.17. The Morgan fingerprint density at radius 2 is 2.04 bits per heavy atom. The second-order valence-corrected chi connectivity index (χ2v) is 6.36. The second kappa shape index (κ2) is 7.65. The summed E-state index contributed by atoms with van der Waals surface area (Å²) in [4.78, 5) is 25.2. The van der Waals surface area contributed by atoms with Crippen molar-refractivity contribution in [1.29, 1.82) is 0 Å². The molecule has 0 bridgehead atoms.